The zero-order chi connectivity index (χ0) is 9.97. The lowest BCUT2D eigenvalue weighted by atomic mass is 10.4. The number of nitrogens with one attached hydrogen (secondary N) is 1. The maximum Gasteiger partial charge on any atom is 0.183 e. The van der Waals surface area contributed by atoms with E-state index in [0.717, 1.165) is 5.82 Å². The molecule has 2 aromatic rings. The predicted octanol–water partition coefficient (Wildman–Crippen LogP) is 0.314. The minimum absolute atomic E-state index is 0.574. The topological polar surface area (TPSA) is 68.5 Å². The van der Waals surface area contributed by atoms with Gasteiger partial charge in [-0.1, -0.05) is 0 Å². The Morgan fingerprint density at radius 1 is 1.43 bits per heavy atom. The Bertz CT molecular complexity index is 435. The first-order valence-corrected chi connectivity index (χ1v) is 4.17. The van der Waals surface area contributed by atoms with E-state index < -0.39 is 0 Å². The van der Waals surface area contributed by atoms with Gasteiger partial charge in [-0.2, -0.15) is 15.0 Å². The van der Waals surface area contributed by atoms with Crippen LogP contribution in [0.2, 0.25) is 0 Å². The van der Waals surface area contributed by atoms with Gasteiger partial charge in [0, 0.05) is 20.3 Å². The quantitative estimate of drug-likeness (QED) is 0.738. The number of aromatic nitrogens is 5. The molecule has 0 amide bonds. The zero-order valence-corrected chi connectivity index (χ0v) is 7.97. The molecule has 1 N–H and O–H groups in total. The average molecular weight is 190 g/mol. The lowest BCUT2D eigenvalue weighted by Gasteiger charge is -1.98. The van der Waals surface area contributed by atoms with Crippen LogP contribution in [0, 0.1) is 0 Å². The molecule has 72 valence electrons. The number of anilines is 1. The first kappa shape index (κ1) is 8.61. The highest BCUT2D eigenvalue weighted by molar-refractivity contribution is 5.49. The summed E-state index contributed by atoms with van der Waals surface area (Å²) in [5.74, 6) is 1.34. The molecule has 0 aliphatic heterocycles. The van der Waals surface area contributed by atoms with Crippen LogP contribution < -0.4 is 5.32 Å². The third kappa shape index (κ3) is 1.54. The van der Waals surface area contributed by atoms with Gasteiger partial charge in [0.2, 0.25) is 0 Å². The Labute approximate surface area is 81.0 Å². The Morgan fingerprint density at radius 2 is 2.29 bits per heavy atom. The SMILES string of the molecule is CNc1ccnc(-c2cnn(C)n2)n1. The van der Waals surface area contributed by atoms with Crippen molar-refractivity contribution >= 4 is 5.82 Å². The molecule has 0 aliphatic carbocycles. The third-order valence-electron chi connectivity index (χ3n) is 1.74. The molecule has 6 heteroatoms. The molecular weight excluding hydrogens is 180 g/mol. The summed E-state index contributed by atoms with van der Waals surface area (Å²) in [6, 6.07) is 1.79. The van der Waals surface area contributed by atoms with Crippen molar-refractivity contribution in [1.29, 1.82) is 0 Å². The molecule has 0 radical (unpaired) electrons. The molecule has 0 unspecified atom stereocenters. The normalized spacial score (nSPS) is 10.1. The van der Waals surface area contributed by atoms with Crippen molar-refractivity contribution < 1.29 is 0 Å². The van der Waals surface area contributed by atoms with Gasteiger partial charge in [0.15, 0.2) is 5.82 Å². The van der Waals surface area contributed by atoms with Gasteiger partial charge in [0.1, 0.15) is 11.5 Å². The molecule has 2 heterocycles. The van der Waals surface area contributed by atoms with E-state index in [2.05, 4.69) is 25.5 Å². The summed E-state index contributed by atoms with van der Waals surface area (Å²) >= 11 is 0. The minimum Gasteiger partial charge on any atom is -0.373 e. The van der Waals surface area contributed by atoms with Gasteiger partial charge < -0.3 is 5.32 Å². The lowest BCUT2D eigenvalue weighted by Crippen LogP contribution is -1.97. The van der Waals surface area contributed by atoms with Gasteiger partial charge >= 0.3 is 0 Å². The molecule has 0 spiro atoms. The van der Waals surface area contributed by atoms with Gasteiger partial charge in [-0.15, -0.1) is 0 Å². The van der Waals surface area contributed by atoms with Gasteiger partial charge in [-0.25, -0.2) is 9.97 Å². The molecule has 2 aromatic heterocycles. The molecule has 2 rings (SSSR count). The number of hydrogen-bond donors (Lipinski definition) is 1. The molecule has 0 saturated heterocycles. The fourth-order valence-corrected chi connectivity index (χ4v) is 1.07. The van der Waals surface area contributed by atoms with Crippen molar-refractivity contribution in [3.63, 3.8) is 0 Å². The maximum atomic E-state index is 4.24. The highest BCUT2D eigenvalue weighted by Crippen LogP contribution is 2.11. The van der Waals surface area contributed by atoms with Crippen molar-refractivity contribution in [1.82, 2.24) is 25.0 Å². The molecule has 0 fully saturated rings. The fourth-order valence-electron chi connectivity index (χ4n) is 1.07. The van der Waals surface area contributed by atoms with Crippen molar-refractivity contribution in [2.75, 3.05) is 12.4 Å². The highest BCUT2D eigenvalue weighted by Gasteiger charge is 2.05. The molecule has 0 atom stereocenters. The van der Waals surface area contributed by atoms with Gasteiger partial charge in [-0.3, -0.25) is 0 Å². The number of aryl methyl sites for hydroxylation is 1. The van der Waals surface area contributed by atoms with E-state index in [-0.39, 0.29) is 0 Å². The molecule has 0 aromatic carbocycles. The van der Waals surface area contributed by atoms with E-state index in [4.69, 9.17) is 0 Å². The van der Waals surface area contributed by atoms with Crippen molar-refractivity contribution in [3.05, 3.63) is 18.5 Å². The second kappa shape index (κ2) is 3.41. The molecule has 0 bridgehead atoms. The summed E-state index contributed by atoms with van der Waals surface area (Å²) in [4.78, 5) is 9.82. The summed E-state index contributed by atoms with van der Waals surface area (Å²) in [5, 5.41) is 11.0. The second-order valence-corrected chi connectivity index (χ2v) is 2.73. The molecule has 14 heavy (non-hydrogen) atoms. The van der Waals surface area contributed by atoms with E-state index in [1.807, 2.05) is 7.05 Å². The predicted molar refractivity (Wildman–Crippen MR) is 51.6 cm³/mol. The highest BCUT2D eigenvalue weighted by atomic mass is 15.4. The van der Waals surface area contributed by atoms with E-state index in [1.165, 1.54) is 4.80 Å². The second-order valence-electron chi connectivity index (χ2n) is 2.73. The van der Waals surface area contributed by atoms with Gasteiger partial charge in [0.25, 0.3) is 0 Å². The van der Waals surface area contributed by atoms with E-state index in [9.17, 15) is 0 Å². The number of rotatable bonds is 2. The third-order valence-corrected chi connectivity index (χ3v) is 1.74. The van der Waals surface area contributed by atoms with Crippen LogP contribution in [-0.2, 0) is 7.05 Å². The van der Waals surface area contributed by atoms with Gasteiger partial charge in [0.05, 0.1) is 6.20 Å². The average Bonchev–Trinajstić information content (AvgIpc) is 2.65. The van der Waals surface area contributed by atoms with Crippen LogP contribution in [0.15, 0.2) is 18.5 Å². The fraction of sp³-hybridized carbons (Fsp3) is 0.250. The summed E-state index contributed by atoms with van der Waals surface area (Å²) in [6.07, 6.45) is 3.32. The van der Waals surface area contributed by atoms with Crippen molar-refractivity contribution in [2.45, 2.75) is 0 Å². The number of hydrogen-bond acceptors (Lipinski definition) is 5. The van der Waals surface area contributed by atoms with Crippen molar-refractivity contribution in [2.24, 2.45) is 7.05 Å². The smallest absolute Gasteiger partial charge is 0.183 e. The van der Waals surface area contributed by atoms with Crippen LogP contribution in [0.4, 0.5) is 5.82 Å². The lowest BCUT2D eigenvalue weighted by molar-refractivity contribution is 0.655. The van der Waals surface area contributed by atoms with Crippen LogP contribution in [-0.4, -0.2) is 32.0 Å². The van der Waals surface area contributed by atoms with Crippen LogP contribution in [0.25, 0.3) is 11.5 Å². The maximum absolute atomic E-state index is 4.24. The first-order valence-electron chi connectivity index (χ1n) is 4.17. The van der Waals surface area contributed by atoms with Crippen LogP contribution in [0.5, 0.6) is 0 Å². The summed E-state index contributed by atoms with van der Waals surface area (Å²) in [5.41, 5.74) is 0.671. The standard InChI is InChI=1S/C8H10N6/c1-9-7-3-4-10-8(12-7)6-5-11-14(2)13-6/h3-5H,1-2H3,(H,9,10,12). The van der Waals surface area contributed by atoms with Crippen LogP contribution in [0.3, 0.4) is 0 Å². The van der Waals surface area contributed by atoms with Crippen molar-refractivity contribution in [3.8, 4) is 11.5 Å². The Morgan fingerprint density at radius 3 is 2.93 bits per heavy atom. The molecule has 0 saturated carbocycles. The van der Waals surface area contributed by atoms with E-state index >= 15 is 0 Å². The first-order chi connectivity index (χ1) is 6.79. The van der Waals surface area contributed by atoms with Crippen LogP contribution >= 0.6 is 0 Å². The van der Waals surface area contributed by atoms with E-state index in [1.54, 1.807) is 25.5 Å². The Kier molecular flexibility index (Phi) is 2.10. The summed E-state index contributed by atoms with van der Waals surface area (Å²) in [7, 11) is 3.56. The largest absolute Gasteiger partial charge is 0.373 e. The molecule has 6 nitrogen and oxygen atoms in total. The monoisotopic (exact) mass is 190 g/mol. The van der Waals surface area contributed by atoms with Crippen LogP contribution in [0.1, 0.15) is 0 Å². The summed E-state index contributed by atoms with van der Waals surface area (Å²) in [6.45, 7) is 0. The van der Waals surface area contributed by atoms with Gasteiger partial charge in [-0.05, 0) is 6.07 Å². The minimum atomic E-state index is 0.574. The molecule has 0 aliphatic rings. The summed E-state index contributed by atoms with van der Waals surface area (Å²) < 4.78 is 0. The molecular formula is C8H10N6. The van der Waals surface area contributed by atoms with E-state index in [0.29, 0.717) is 11.5 Å². The Balaban J connectivity index is 2.41. The zero-order valence-electron chi connectivity index (χ0n) is 7.97. The Hall–Kier alpha value is -1.98. The number of nitrogens with zero attached hydrogens (tertiary/aromatic N) is 5.